The van der Waals surface area contributed by atoms with Crippen LogP contribution in [-0.2, 0) is 14.3 Å². The van der Waals surface area contributed by atoms with E-state index in [1.165, 1.54) is 0 Å². The largest absolute Gasteiger partial charge is 0.481 e. The third-order valence-electron chi connectivity index (χ3n) is 2.69. The first-order valence-electron chi connectivity index (χ1n) is 5.98. The van der Waals surface area contributed by atoms with E-state index in [1.807, 2.05) is 0 Å². The Hall–Kier alpha value is -1.10. The van der Waals surface area contributed by atoms with Crippen molar-refractivity contribution >= 4 is 11.9 Å². The molecule has 0 aliphatic carbocycles. The smallest absolute Gasteiger partial charge is 0.306 e. The van der Waals surface area contributed by atoms with E-state index in [2.05, 4.69) is 0 Å². The number of rotatable bonds is 10. The van der Waals surface area contributed by atoms with Gasteiger partial charge in [0.2, 0.25) is 0 Å². The highest BCUT2D eigenvalue weighted by molar-refractivity contribution is 5.69. The second kappa shape index (κ2) is 8.98. The molecule has 0 aliphatic rings. The molecule has 2 unspecified atom stereocenters. The predicted octanol–water partition coefficient (Wildman–Crippen LogP) is 2.00. The Morgan fingerprint density at radius 3 is 1.59 bits per heavy atom. The number of hydrogen-bond acceptors (Lipinski definition) is 3. The summed E-state index contributed by atoms with van der Waals surface area (Å²) in [5.74, 6) is -2.21. The molecule has 0 heterocycles. The second-order valence-corrected chi connectivity index (χ2v) is 4.38. The fourth-order valence-electron chi connectivity index (χ4n) is 1.33. The van der Waals surface area contributed by atoms with Gasteiger partial charge in [-0.25, -0.2) is 0 Å². The molecule has 0 saturated heterocycles. The van der Waals surface area contributed by atoms with Crippen LogP contribution in [0.25, 0.3) is 0 Å². The molecule has 2 N–H and O–H groups in total. The summed E-state index contributed by atoms with van der Waals surface area (Å²) < 4.78 is 5.31. The molecule has 2 atom stereocenters. The van der Waals surface area contributed by atoms with Crippen molar-refractivity contribution in [2.45, 2.75) is 39.5 Å². The number of carbonyl (C=O) groups is 2. The van der Waals surface area contributed by atoms with Crippen molar-refractivity contribution in [3.8, 4) is 0 Å². The van der Waals surface area contributed by atoms with Crippen molar-refractivity contribution in [2.24, 2.45) is 11.8 Å². The first-order valence-corrected chi connectivity index (χ1v) is 5.98. The van der Waals surface area contributed by atoms with E-state index in [-0.39, 0.29) is 11.8 Å². The van der Waals surface area contributed by atoms with Crippen LogP contribution in [0, 0.1) is 11.8 Å². The molecule has 0 spiro atoms. The summed E-state index contributed by atoms with van der Waals surface area (Å²) in [4.78, 5) is 21.0. The predicted molar refractivity (Wildman–Crippen MR) is 62.9 cm³/mol. The van der Waals surface area contributed by atoms with Gasteiger partial charge in [0, 0.05) is 13.2 Å². The third-order valence-corrected chi connectivity index (χ3v) is 2.69. The summed E-state index contributed by atoms with van der Waals surface area (Å²) in [6.07, 6.45) is 2.67. The SMILES string of the molecule is CC(CCCOCCCC(C)C(=O)O)C(=O)O. The van der Waals surface area contributed by atoms with Gasteiger partial charge in [-0.1, -0.05) is 13.8 Å². The fourth-order valence-corrected chi connectivity index (χ4v) is 1.33. The highest BCUT2D eigenvalue weighted by Gasteiger charge is 2.10. The zero-order chi connectivity index (χ0) is 13.3. The van der Waals surface area contributed by atoms with Gasteiger partial charge in [0.1, 0.15) is 0 Å². The molecule has 5 nitrogen and oxygen atoms in total. The van der Waals surface area contributed by atoms with Crippen molar-refractivity contribution in [1.82, 2.24) is 0 Å². The number of carboxylic acids is 2. The number of aliphatic carboxylic acids is 2. The van der Waals surface area contributed by atoms with Gasteiger partial charge in [0.25, 0.3) is 0 Å². The molecule has 0 aromatic carbocycles. The maximum Gasteiger partial charge on any atom is 0.306 e. The normalized spacial score (nSPS) is 14.2. The highest BCUT2D eigenvalue weighted by Crippen LogP contribution is 2.07. The Bertz CT molecular complexity index is 215. The lowest BCUT2D eigenvalue weighted by Gasteiger charge is -2.08. The van der Waals surface area contributed by atoms with Gasteiger partial charge in [0.15, 0.2) is 0 Å². The van der Waals surface area contributed by atoms with Gasteiger partial charge < -0.3 is 14.9 Å². The summed E-state index contributed by atoms with van der Waals surface area (Å²) in [5, 5.41) is 17.3. The van der Waals surface area contributed by atoms with E-state index in [1.54, 1.807) is 13.8 Å². The highest BCUT2D eigenvalue weighted by atomic mass is 16.5. The van der Waals surface area contributed by atoms with Crippen molar-refractivity contribution in [3.05, 3.63) is 0 Å². The molecule has 0 radical (unpaired) electrons. The Balaban J connectivity index is 3.30. The van der Waals surface area contributed by atoms with E-state index in [4.69, 9.17) is 14.9 Å². The Labute approximate surface area is 102 Å². The summed E-state index contributed by atoms with van der Waals surface area (Å²) in [5.41, 5.74) is 0. The summed E-state index contributed by atoms with van der Waals surface area (Å²) >= 11 is 0. The first kappa shape index (κ1) is 15.9. The van der Waals surface area contributed by atoms with E-state index in [0.29, 0.717) is 26.1 Å². The van der Waals surface area contributed by atoms with E-state index >= 15 is 0 Å². The molecule has 0 aromatic heterocycles. The van der Waals surface area contributed by atoms with Crippen LogP contribution < -0.4 is 0 Å². The second-order valence-electron chi connectivity index (χ2n) is 4.38. The Morgan fingerprint density at radius 1 is 0.941 bits per heavy atom. The molecule has 5 heteroatoms. The zero-order valence-electron chi connectivity index (χ0n) is 10.5. The summed E-state index contributed by atoms with van der Waals surface area (Å²) in [7, 11) is 0. The number of hydrogen-bond donors (Lipinski definition) is 2. The lowest BCUT2D eigenvalue weighted by atomic mass is 10.1. The van der Waals surface area contributed by atoms with E-state index in [9.17, 15) is 9.59 Å². The maximum atomic E-state index is 10.5. The van der Waals surface area contributed by atoms with Crippen molar-refractivity contribution in [3.63, 3.8) is 0 Å². The Kier molecular flexibility index (Phi) is 8.40. The molecular formula is C12H22O5. The van der Waals surface area contributed by atoms with Crippen LogP contribution in [0.1, 0.15) is 39.5 Å². The average Bonchev–Trinajstić information content (AvgIpc) is 2.26. The van der Waals surface area contributed by atoms with Gasteiger partial charge in [-0.3, -0.25) is 9.59 Å². The van der Waals surface area contributed by atoms with Crippen LogP contribution in [-0.4, -0.2) is 35.4 Å². The van der Waals surface area contributed by atoms with E-state index in [0.717, 1.165) is 12.8 Å². The molecule has 0 saturated carbocycles. The van der Waals surface area contributed by atoms with Gasteiger partial charge in [-0.15, -0.1) is 0 Å². The molecule has 0 aliphatic heterocycles. The molecule has 0 bridgehead atoms. The third kappa shape index (κ3) is 8.68. The standard InChI is InChI=1S/C12H22O5/c1-9(11(13)14)5-3-7-17-8-4-6-10(2)12(15)16/h9-10H,3-8H2,1-2H3,(H,13,14)(H,15,16). The molecule has 17 heavy (non-hydrogen) atoms. The topological polar surface area (TPSA) is 83.8 Å². The van der Waals surface area contributed by atoms with Gasteiger partial charge in [-0.2, -0.15) is 0 Å². The minimum absolute atomic E-state index is 0.328. The molecular weight excluding hydrogens is 224 g/mol. The van der Waals surface area contributed by atoms with E-state index < -0.39 is 11.9 Å². The molecule has 0 fully saturated rings. The quantitative estimate of drug-likeness (QED) is 0.576. The molecule has 100 valence electrons. The monoisotopic (exact) mass is 246 g/mol. The summed E-state index contributed by atoms with van der Waals surface area (Å²) in [6, 6.07) is 0. The van der Waals surface area contributed by atoms with Crippen LogP contribution >= 0.6 is 0 Å². The minimum atomic E-state index is -0.778. The van der Waals surface area contributed by atoms with Crippen molar-refractivity contribution in [1.29, 1.82) is 0 Å². The molecule has 0 amide bonds. The minimum Gasteiger partial charge on any atom is -0.481 e. The lowest BCUT2D eigenvalue weighted by Crippen LogP contribution is -2.11. The molecule has 0 aromatic rings. The first-order chi connectivity index (χ1) is 7.95. The van der Waals surface area contributed by atoms with Gasteiger partial charge in [0.05, 0.1) is 11.8 Å². The lowest BCUT2D eigenvalue weighted by molar-refractivity contribution is -0.142. The van der Waals surface area contributed by atoms with Crippen molar-refractivity contribution < 1.29 is 24.5 Å². The Morgan fingerprint density at radius 2 is 1.29 bits per heavy atom. The zero-order valence-corrected chi connectivity index (χ0v) is 10.5. The number of carboxylic acid groups (broad SMARTS) is 2. The summed E-state index contributed by atoms with van der Waals surface area (Å²) in [6.45, 7) is 4.44. The fraction of sp³-hybridized carbons (Fsp3) is 0.833. The van der Waals surface area contributed by atoms with Crippen LogP contribution in [0.3, 0.4) is 0 Å². The number of ether oxygens (including phenoxy) is 1. The van der Waals surface area contributed by atoms with Gasteiger partial charge >= 0.3 is 11.9 Å². The van der Waals surface area contributed by atoms with Crippen molar-refractivity contribution in [2.75, 3.05) is 13.2 Å². The van der Waals surface area contributed by atoms with Crippen LogP contribution in [0.15, 0.2) is 0 Å². The molecule has 0 rings (SSSR count). The van der Waals surface area contributed by atoms with Crippen LogP contribution in [0.2, 0.25) is 0 Å². The average molecular weight is 246 g/mol. The van der Waals surface area contributed by atoms with Crippen LogP contribution in [0.5, 0.6) is 0 Å². The maximum absolute atomic E-state index is 10.5. The van der Waals surface area contributed by atoms with Gasteiger partial charge in [-0.05, 0) is 25.7 Å². The van der Waals surface area contributed by atoms with Crippen LogP contribution in [0.4, 0.5) is 0 Å².